The molecule has 5 nitrogen and oxygen atoms in total. The van der Waals surface area contributed by atoms with Crippen molar-refractivity contribution in [3.8, 4) is 0 Å². The number of nitrogens with zero attached hydrogens (tertiary/aromatic N) is 1. The Morgan fingerprint density at radius 2 is 1.95 bits per heavy atom. The fourth-order valence-corrected chi connectivity index (χ4v) is 4.13. The second kappa shape index (κ2) is 6.20. The van der Waals surface area contributed by atoms with Gasteiger partial charge in [0, 0.05) is 30.1 Å². The van der Waals surface area contributed by atoms with Gasteiger partial charge in [0.1, 0.15) is 0 Å². The smallest absolute Gasteiger partial charge is 0.240 e. The van der Waals surface area contributed by atoms with E-state index in [-0.39, 0.29) is 17.3 Å². The first kappa shape index (κ1) is 15.2. The summed E-state index contributed by atoms with van der Waals surface area (Å²) in [6.45, 7) is 0.980. The van der Waals surface area contributed by atoms with Gasteiger partial charge in [-0.1, -0.05) is 6.07 Å². The molecule has 1 fully saturated rings. The predicted molar refractivity (Wildman–Crippen MR) is 86.4 cm³/mol. The minimum atomic E-state index is -3.54. The molecule has 2 aromatic rings. The molecule has 1 aliphatic heterocycles. The molecule has 0 spiro atoms. The van der Waals surface area contributed by atoms with Crippen molar-refractivity contribution >= 4 is 33.0 Å². The Balaban J connectivity index is 1.72. The SMILES string of the molecule is O=C1CCCN1c1ccc(S(=O)(=O)NCc2cccs2)cc1. The summed E-state index contributed by atoms with van der Waals surface area (Å²) < 4.78 is 27.1. The average Bonchev–Trinajstić information content (AvgIpc) is 3.17. The number of carbonyl (C=O) groups is 1. The maximum absolute atomic E-state index is 12.2. The fraction of sp³-hybridized carbons (Fsp3) is 0.267. The molecular weight excluding hydrogens is 320 g/mol. The Bertz CT molecular complexity index is 753. The Labute approximate surface area is 133 Å². The van der Waals surface area contributed by atoms with Gasteiger partial charge in [-0.05, 0) is 42.1 Å². The number of anilines is 1. The van der Waals surface area contributed by atoms with Crippen LogP contribution in [0.5, 0.6) is 0 Å². The number of benzene rings is 1. The maximum Gasteiger partial charge on any atom is 0.240 e. The molecule has 0 saturated carbocycles. The van der Waals surface area contributed by atoms with Gasteiger partial charge in [-0.2, -0.15) is 0 Å². The lowest BCUT2D eigenvalue weighted by Crippen LogP contribution is -2.24. The zero-order valence-electron chi connectivity index (χ0n) is 11.9. The number of rotatable bonds is 5. The van der Waals surface area contributed by atoms with Gasteiger partial charge in [0.15, 0.2) is 0 Å². The Hall–Kier alpha value is -1.70. The van der Waals surface area contributed by atoms with E-state index in [2.05, 4.69) is 4.72 Å². The lowest BCUT2D eigenvalue weighted by Gasteiger charge is -2.16. The lowest BCUT2D eigenvalue weighted by atomic mass is 10.3. The van der Waals surface area contributed by atoms with Crippen LogP contribution in [-0.2, 0) is 21.4 Å². The van der Waals surface area contributed by atoms with E-state index >= 15 is 0 Å². The monoisotopic (exact) mass is 336 g/mol. The van der Waals surface area contributed by atoms with Crippen molar-refractivity contribution in [3.63, 3.8) is 0 Å². The Kier molecular flexibility index (Phi) is 4.28. The predicted octanol–water partition coefficient (Wildman–Crippen LogP) is 2.35. The summed E-state index contributed by atoms with van der Waals surface area (Å²) in [4.78, 5) is 14.5. The van der Waals surface area contributed by atoms with Crippen LogP contribution < -0.4 is 9.62 Å². The van der Waals surface area contributed by atoms with Crippen LogP contribution in [0.4, 0.5) is 5.69 Å². The number of sulfonamides is 1. The fourth-order valence-electron chi connectivity index (χ4n) is 2.39. The van der Waals surface area contributed by atoms with E-state index in [1.807, 2.05) is 17.5 Å². The third-order valence-electron chi connectivity index (χ3n) is 3.55. The quantitative estimate of drug-likeness (QED) is 0.911. The summed E-state index contributed by atoms with van der Waals surface area (Å²) in [6, 6.07) is 10.2. The number of nitrogens with one attached hydrogen (secondary N) is 1. The third-order valence-corrected chi connectivity index (χ3v) is 5.84. The first-order valence-electron chi connectivity index (χ1n) is 6.99. The maximum atomic E-state index is 12.2. The van der Waals surface area contributed by atoms with Crippen molar-refractivity contribution in [2.45, 2.75) is 24.3 Å². The molecule has 1 aliphatic rings. The summed E-state index contributed by atoms with van der Waals surface area (Å²) in [5.74, 6) is 0.0893. The van der Waals surface area contributed by atoms with E-state index in [0.717, 1.165) is 17.0 Å². The Morgan fingerprint density at radius 1 is 1.18 bits per heavy atom. The standard InChI is InChI=1S/C15H16N2O3S2/c18-15-4-1-9-17(15)12-5-7-14(8-6-12)22(19,20)16-11-13-3-2-10-21-13/h2-3,5-8,10,16H,1,4,9,11H2. The molecule has 3 rings (SSSR count). The van der Waals surface area contributed by atoms with E-state index in [1.165, 1.54) is 23.5 Å². The van der Waals surface area contributed by atoms with E-state index in [0.29, 0.717) is 13.0 Å². The minimum absolute atomic E-state index is 0.0893. The molecule has 1 aromatic heterocycles. The Morgan fingerprint density at radius 3 is 2.55 bits per heavy atom. The number of carbonyl (C=O) groups excluding carboxylic acids is 1. The normalized spacial score (nSPS) is 15.5. The molecular formula is C15H16N2O3S2. The van der Waals surface area contributed by atoms with Crippen LogP contribution in [0.1, 0.15) is 17.7 Å². The van der Waals surface area contributed by atoms with E-state index in [1.54, 1.807) is 17.0 Å². The van der Waals surface area contributed by atoms with Crippen LogP contribution in [-0.4, -0.2) is 20.9 Å². The van der Waals surface area contributed by atoms with Gasteiger partial charge in [-0.25, -0.2) is 13.1 Å². The summed E-state index contributed by atoms with van der Waals surface area (Å²) in [7, 11) is -3.54. The number of amides is 1. The molecule has 0 aliphatic carbocycles. The van der Waals surface area contributed by atoms with Crippen molar-refractivity contribution in [2.75, 3.05) is 11.4 Å². The van der Waals surface area contributed by atoms with Gasteiger partial charge < -0.3 is 4.90 Å². The summed E-state index contributed by atoms with van der Waals surface area (Å²) in [6.07, 6.45) is 1.41. The molecule has 1 saturated heterocycles. The third kappa shape index (κ3) is 3.21. The van der Waals surface area contributed by atoms with Crippen LogP contribution in [0.2, 0.25) is 0 Å². The molecule has 0 radical (unpaired) electrons. The van der Waals surface area contributed by atoms with Crippen LogP contribution in [0.15, 0.2) is 46.7 Å². The van der Waals surface area contributed by atoms with Crippen molar-refractivity contribution in [1.29, 1.82) is 0 Å². The van der Waals surface area contributed by atoms with Crippen LogP contribution in [0.3, 0.4) is 0 Å². The van der Waals surface area contributed by atoms with Crippen molar-refractivity contribution in [3.05, 3.63) is 46.7 Å². The lowest BCUT2D eigenvalue weighted by molar-refractivity contribution is -0.117. The number of hydrogen-bond donors (Lipinski definition) is 1. The van der Waals surface area contributed by atoms with Crippen LogP contribution in [0.25, 0.3) is 0 Å². The molecule has 7 heteroatoms. The zero-order valence-corrected chi connectivity index (χ0v) is 13.5. The first-order chi connectivity index (χ1) is 10.6. The minimum Gasteiger partial charge on any atom is -0.312 e. The van der Waals surface area contributed by atoms with Gasteiger partial charge in [-0.15, -0.1) is 11.3 Å². The topological polar surface area (TPSA) is 66.5 Å². The molecule has 116 valence electrons. The highest BCUT2D eigenvalue weighted by atomic mass is 32.2. The van der Waals surface area contributed by atoms with Gasteiger partial charge in [0.05, 0.1) is 4.90 Å². The van der Waals surface area contributed by atoms with Crippen LogP contribution >= 0.6 is 11.3 Å². The molecule has 22 heavy (non-hydrogen) atoms. The highest BCUT2D eigenvalue weighted by Crippen LogP contribution is 2.23. The second-order valence-electron chi connectivity index (χ2n) is 5.05. The highest BCUT2D eigenvalue weighted by molar-refractivity contribution is 7.89. The van der Waals surface area contributed by atoms with Crippen molar-refractivity contribution in [2.24, 2.45) is 0 Å². The zero-order chi connectivity index (χ0) is 15.6. The second-order valence-corrected chi connectivity index (χ2v) is 7.85. The average molecular weight is 336 g/mol. The van der Waals surface area contributed by atoms with Gasteiger partial charge >= 0.3 is 0 Å². The van der Waals surface area contributed by atoms with Crippen molar-refractivity contribution < 1.29 is 13.2 Å². The summed E-state index contributed by atoms with van der Waals surface area (Å²) in [5.41, 5.74) is 0.750. The van der Waals surface area contributed by atoms with Gasteiger partial charge in [-0.3, -0.25) is 4.79 Å². The van der Waals surface area contributed by atoms with E-state index in [9.17, 15) is 13.2 Å². The van der Waals surface area contributed by atoms with Gasteiger partial charge in [0.2, 0.25) is 15.9 Å². The molecule has 1 aromatic carbocycles. The van der Waals surface area contributed by atoms with Crippen molar-refractivity contribution in [1.82, 2.24) is 4.72 Å². The highest BCUT2D eigenvalue weighted by Gasteiger charge is 2.22. The largest absolute Gasteiger partial charge is 0.312 e. The van der Waals surface area contributed by atoms with Gasteiger partial charge in [0.25, 0.3) is 0 Å². The molecule has 0 atom stereocenters. The summed E-state index contributed by atoms with van der Waals surface area (Å²) >= 11 is 1.51. The molecule has 0 unspecified atom stereocenters. The van der Waals surface area contributed by atoms with E-state index < -0.39 is 10.0 Å². The molecule has 0 bridgehead atoms. The first-order valence-corrected chi connectivity index (χ1v) is 9.35. The number of hydrogen-bond acceptors (Lipinski definition) is 4. The molecule has 1 amide bonds. The van der Waals surface area contributed by atoms with Crippen LogP contribution in [0, 0.1) is 0 Å². The molecule has 1 N–H and O–H groups in total. The summed E-state index contributed by atoms with van der Waals surface area (Å²) in [5, 5.41) is 1.91. The number of thiophene rings is 1. The van der Waals surface area contributed by atoms with E-state index in [4.69, 9.17) is 0 Å². The molecule has 2 heterocycles.